The lowest BCUT2D eigenvalue weighted by Gasteiger charge is -2.30. The number of nitrogens with zero attached hydrogens (tertiary/aromatic N) is 2. The Morgan fingerprint density at radius 2 is 1.52 bits per heavy atom. The maximum absolute atomic E-state index is 11.0. The summed E-state index contributed by atoms with van der Waals surface area (Å²) in [5, 5.41) is 11.0. The van der Waals surface area contributed by atoms with Gasteiger partial charge in [0.05, 0.1) is 4.92 Å². The summed E-state index contributed by atoms with van der Waals surface area (Å²) in [6.45, 7) is 2.31. The summed E-state index contributed by atoms with van der Waals surface area (Å²) in [5.74, 6) is 0. The smallest absolute Gasteiger partial charge is 0.269 e. The largest absolute Gasteiger partial charge is 0.372 e. The predicted molar refractivity (Wildman–Crippen MR) is 92.0 cm³/mol. The lowest BCUT2D eigenvalue weighted by atomic mass is 9.85. The van der Waals surface area contributed by atoms with Crippen molar-refractivity contribution in [2.75, 3.05) is 18.0 Å². The third-order valence-electron chi connectivity index (χ3n) is 5.06. The molecule has 0 amide bonds. The molecule has 4 rings (SSSR count). The van der Waals surface area contributed by atoms with Crippen LogP contribution in [-0.4, -0.2) is 18.0 Å². The maximum Gasteiger partial charge on any atom is 0.269 e. The number of hydrogen-bond donors (Lipinski definition) is 0. The van der Waals surface area contributed by atoms with Gasteiger partial charge in [-0.3, -0.25) is 10.1 Å². The van der Waals surface area contributed by atoms with E-state index in [1.54, 1.807) is 12.1 Å². The summed E-state index contributed by atoms with van der Waals surface area (Å²) in [6.07, 6.45) is 5.75. The van der Waals surface area contributed by atoms with E-state index < -0.39 is 0 Å². The second kappa shape index (κ2) is 5.69. The average Bonchev–Trinajstić information content (AvgIpc) is 2.61. The Bertz CT molecular complexity index is 764. The summed E-state index contributed by atoms with van der Waals surface area (Å²) in [4.78, 5) is 13.1. The van der Waals surface area contributed by atoms with Crippen molar-refractivity contribution in [3.63, 3.8) is 0 Å². The molecule has 4 heteroatoms. The molecule has 0 radical (unpaired) electrons. The average molecular weight is 308 g/mol. The quantitative estimate of drug-likeness (QED) is 0.612. The Balaban J connectivity index is 1.70. The number of fused-ring (bicyclic) bond motifs is 3. The molecule has 0 N–H and O–H groups in total. The first-order valence-corrected chi connectivity index (χ1v) is 8.38. The molecule has 0 unspecified atom stereocenters. The number of nitro benzene ring substituents is 1. The number of benzene rings is 2. The van der Waals surface area contributed by atoms with Gasteiger partial charge in [0.2, 0.25) is 0 Å². The molecule has 0 spiro atoms. The van der Waals surface area contributed by atoms with Gasteiger partial charge in [-0.25, -0.2) is 0 Å². The molecule has 1 aliphatic carbocycles. The number of rotatable bonds is 2. The van der Waals surface area contributed by atoms with Gasteiger partial charge in [-0.05, 0) is 72.6 Å². The van der Waals surface area contributed by atoms with Crippen LogP contribution < -0.4 is 4.90 Å². The first kappa shape index (κ1) is 14.2. The minimum Gasteiger partial charge on any atom is -0.372 e. The molecule has 1 heterocycles. The van der Waals surface area contributed by atoms with Crippen LogP contribution in [0, 0.1) is 10.1 Å². The van der Waals surface area contributed by atoms with Crippen LogP contribution in [0.4, 0.5) is 11.4 Å². The first-order chi connectivity index (χ1) is 11.2. The molecule has 4 nitrogen and oxygen atoms in total. The Kier molecular flexibility index (Phi) is 3.52. The highest BCUT2D eigenvalue weighted by Gasteiger charge is 2.20. The second-order valence-corrected chi connectivity index (χ2v) is 6.49. The van der Waals surface area contributed by atoms with E-state index in [4.69, 9.17) is 0 Å². The minimum absolute atomic E-state index is 0.192. The normalized spacial score (nSPS) is 16.6. The van der Waals surface area contributed by atoms with Gasteiger partial charge in [-0.15, -0.1) is 0 Å². The van der Waals surface area contributed by atoms with Crippen molar-refractivity contribution in [1.82, 2.24) is 0 Å². The van der Waals surface area contributed by atoms with Crippen molar-refractivity contribution < 1.29 is 4.92 Å². The van der Waals surface area contributed by atoms with Gasteiger partial charge in [0, 0.05) is 30.9 Å². The summed E-state index contributed by atoms with van der Waals surface area (Å²) in [7, 11) is 0. The minimum atomic E-state index is -0.310. The number of nitro groups is 1. The SMILES string of the molecule is O=[N+]([O-])c1ccc2c(c1)CCc1cc(N3CCCCC3)ccc1-2. The summed E-state index contributed by atoms with van der Waals surface area (Å²) >= 11 is 0. The number of anilines is 1. The highest BCUT2D eigenvalue weighted by molar-refractivity contribution is 5.76. The van der Waals surface area contributed by atoms with Gasteiger partial charge in [-0.1, -0.05) is 6.07 Å². The fourth-order valence-electron chi connectivity index (χ4n) is 3.83. The molecule has 1 fully saturated rings. The molecule has 1 saturated heterocycles. The molecule has 0 bridgehead atoms. The molecular formula is C19H20N2O2. The van der Waals surface area contributed by atoms with Crippen LogP contribution >= 0.6 is 0 Å². The zero-order chi connectivity index (χ0) is 15.8. The highest BCUT2D eigenvalue weighted by atomic mass is 16.6. The lowest BCUT2D eigenvalue weighted by molar-refractivity contribution is -0.384. The molecular weight excluding hydrogens is 288 g/mol. The summed E-state index contributed by atoms with van der Waals surface area (Å²) in [6, 6.07) is 12.0. The van der Waals surface area contributed by atoms with Crippen molar-refractivity contribution in [3.8, 4) is 11.1 Å². The molecule has 1 aliphatic heterocycles. The zero-order valence-electron chi connectivity index (χ0n) is 13.1. The van der Waals surface area contributed by atoms with Crippen LogP contribution in [0.2, 0.25) is 0 Å². The van der Waals surface area contributed by atoms with Crippen LogP contribution in [0.1, 0.15) is 30.4 Å². The zero-order valence-corrected chi connectivity index (χ0v) is 13.1. The Labute approximate surface area is 135 Å². The predicted octanol–water partition coefficient (Wildman–Crippen LogP) is 4.35. The maximum atomic E-state index is 11.0. The van der Waals surface area contributed by atoms with Gasteiger partial charge in [0.1, 0.15) is 0 Å². The Hall–Kier alpha value is -2.36. The van der Waals surface area contributed by atoms with E-state index in [-0.39, 0.29) is 10.6 Å². The molecule has 2 aromatic carbocycles. The fourth-order valence-corrected chi connectivity index (χ4v) is 3.83. The van der Waals surface area contributed by atoms with E-state index >= 15 is 0 Å². The van der Waals surface area contributed by atoms with E-state index in [0.717, 1.165) is 37.1 Å². The molecule has 0 saturated carbocycles. The first-order valence-electron chi connectivity index (χ1n) is 8.38. The number of aryl methyl sites for hydroxylation is 2. The molecule has 0 aromatic heterocycles. The van der Waals surface area contributed by atoms with Gasteiger partial charge in [0.25, 0.3) is 5.69 Å². The van der Waals surface area contributed by atoms with E-state index in [0.29, 0.717) is 0 Å². The van der Waals surface area contributed by atoms with Gasteiger partial charge in [-0.2, -0.15) is 0 Å². The van der Waals surface area contributed by atoms with E-state index in [2.05, 4.69) is 23.1 Å². The molecule has 2 aliphatic rings. The number of piperidine rings is 1. The van der Waals surface area contributed by atoms with Crippen molar-refractivity contribution in [2.24, 2.45) is 0 Å². The van der Waals surface area contributed by atoms with Gasteiger partial charge >= 0.3 is 0 Å². The van der Waals surface area contributed by atoms with Crippen LogP contribution in [0.15, 0.2) is 36.4 Å². The molecule has 118 valence electrons. The number of non-ortho nitro benzene ring substituents is 1. The van der Waals surface area contributed by atoms with Crippen LogP contribution in [0.25, 0.3) is 11.1 Å². The molecule has 0 atom stereocenters. The third kappa shape index (κ3) is 2.58. The van der Waals surface area contributed by atoms with Crippen molar-refractivity contribution in [1.29, 1.82) is 0 Å². The monoisotopic (exact) mass is 308 g/mol. The van der Waals surface area contributed by atoms with Gasteiger partial charge in [0.15, 0.2) is 0 Å². The molecule has 2 aromatic rings. The van der Waals surface area contributed by atoms with Crippen molar-refractivity contribution in [2.45, 2.75) is 32.1 Å². The highest BCUT2D eigenvalue weighted by Crippen LogP contribution is 2.37. The topological polar surface area (TPSA) is 46.4 Å². The summed E-state index contributed by atoms with van der Waals surface area (Å²) in [5.41, 5.74) is 6.38. The van der Waals surface area contributed by atoms with Crippen LogP contribution in [-0.2, 0) is 12.8 Å². The fraction of sp³-hybridized carbons (Fsp3) is 0.368. The van der Waals surface area contributed by atoms with Crippen molar-refractivity contribution >= 4 is 11.4 Å². The standard InChI is InChI=1S/C19H20N2O2/c22-21(23)17-7-9-19-15(13-17)5-4-14-12-16(6-8-18(14)19)20-10-2-1-3-11-20/h6-9,12-13H,1-5,10-11H2. The number of hydrogen-bond acceptors (Lipinski definition) is 3. The van der Waals surface area contributed by atoms with E-state index in [1.165, 1.54) is 36.1 Å². The van der Waals surface area contributed by atoms with Crippen LogP contribution in [0.5, 0.6) is 0 Å². The summed E-state index contributed by atoms with van der Waals surface area (Å²) < 4.78 is 0. The third-order valence-corrected chi connectivity index (χ3v) is 5.06. The van der Waals surface area contributed by atoms with Crippen molar-refractivity contribution in [3.05, 3.63) is 57.6 Å². The Morgan fingerprint density at radius 1 is 0.870 bits per heavy atom. The second-order valence-electron chi connectivity index (χ2n) is 6.49. The van der Waals surface area contributed by atoms with E-state index in [1.807, 2.05) is 6.07 Å². The van der Waals surface area contributed by atoms with E-state index in [9.17, 15) is 10.1 Å². The van der Waals surface area contributed by atoms with Gasteiger partial charge < -0.3 is 4.90 Å². The van der Waals surface area contributed by atoms with Crippen LogP contribution in [0.3, 0.4) is 0 Å². The lowest BCUT2D eigenvalue weighted by Crippen LogP contribution is -2.29. The Morgan fingerprint density at radius 3 is 2.22 bits per heavy atom. The molecule has 23 heavy (non-hydrogen) atoms.